The van der Waals surface area contributed by atoms with Crippen molar-refractivity contribution in [3.05, 3.63) is 0 Å². The highest BCUT2D eigenvalue weighted by molar-refractivity contribution is 8.14. The van der Waals surface area contributed by atoms with Gasteiger partial charge in [0, 0.05) is 12.3 Å². The van der Waals surface area contributed by atoms with Gasteiger partial charge in [-0.15, -0.1) is 0 Å². The van der Waals surface area contributed by atoms with Crippen molar-refractivity contribution in [2.45, 2.75) is 6.92 Å². The van der Waals surface area contributed by atoms with Gasteiger partial charge in [0.1, 0.15) is 12.8 Å². The molecule has 88 valence electrons. The van der Waals surface area contributed by atoms with Crippen LogP contribution in [0, 0.1) is 0 Å². The summed E-state index contributed by atoms with van der Waals surface area (Å²) in [6.07, 6.45) is 0. The van der Waals surface area contributed by atoms with Crippen molar-refractivity contribution < 1.29 is 14.7 Å². The third-order valence-electron chi connectivity index (χ3n) is 1.59. The average Bonchev–Trinajstić information content (AvgIpc) is 2.27. The van der Waals surface area contributed by atoms with Crippen molar-refractivity contribution in [1.29, 1.82) is 0 Å². The van der Waals surface area contributed by atoms with Gasteiger partial charge >= 0.3 is 5.97 Å². The monoisotopic (exact) mass is 244 g/mol. The molecular formula is C8H12N4O3S. The summed E-state index contributed by atoms with van der Waals surface area (Å²) in [6, 6.07) is 0. The molecule has 1 heterocycles. The standard InChI is InChI=1S/C8H12N4O3S/c1-3-9-8-11-10-5(4-16-8)6(7(13)14)12-15-2/h3-4H2,1-2H3,(H,9,11)(H,13,14). The predicted octanol–water partition coefficient (Wildman–Crippen LogP) is 0.142. The van der Waals surface area contributed by atoms with Crippen LogP contribution in [-0.4, -0.2) is 47.1 Å². The summed E-state index contributed by atoms with van der Waals surface area (Å²) in [5.74, 6) is -0.765. The van der Waals surface area contributed by atoms with Gasteiger partial charge in [-0.2, -0.15) is 5.10 Å². The molecule has 1 aliphatic rings. The lowest BCUT2D eigenvalue weighted by molar-refractivity contribution is -0.129. The van der Waals surface area contributed by atoms with Gasteiger partial charge in [0.2, 0.25) is 5.71 Å². The van der Waals surface area contributed by atoms with E-state index in [1.54, 1.807) is 0 Å². The molecule has 0 aromatic carbocycles. The van der Waals surface area contributed by atoms with Gasteiger partial charge in [-0.3, -0.25) is 10.4 Å². The molecule has 0 atom stereocenters. The summed E-state index contributed by atoms with van der Waals surface area (Å²) in [7, 11) is 1.29. The molecule has 7 nitrogen and oxygen atoms in total. The zero-order valence-electron chi connectivity index (χ0n) is 8.93. The first-order valence-electron chi connectivity index (χ1n) is 4.53. The molecule has 1 aliphatic heterocycles. The maximum atomic E-state index is 10.8. The van der Waals surface area contributed by atoms with Crippen molar-refractivity contribution in [3.63, 3.8) is 0 Å². The SMILES string of the molecule is CCN=C1NN=C(C(=NOC)C(=O)O)CS1. The van der Waals surface area contributed by atoms with Gasteiger partial charge in [0.25, 0.3) is 0 Å². The van der Waals surface area contributed by atoms with Crippen LogP contribution in [0.25, 0.3) is 0 Å². The maximum Gasteiger partial charge on any atom is 0.359 e. The Bertz CT molecular complexity index is 364. The predicted molar refractivity (Wildman–Crippen MR) is 63.1 cm³/mol. The number of hydrazone groups is 1. The molecule has 0 unspecified atom stereocenters. The van der Waals surface area contributed by atoms with Crippen LogP contribution in [0.5, 0.6) is 0 Å². The van der Waals surface area contributed by atoms with Gasteiger partial charge in [-0.1, -0.05) is 16.9 Å². The maximum absolute atomic E-state index is 10.8. The van der Waals surface area contributed by atoms with E-state index in [9.17, 15) is 4.79 Å². The minimum atomic E-state index is -1.17. The second-order valence-electron chi connectivity index (χ2n) is 2.67. The van der Waals surface area contributed by atoms with E-state index >= 15 is 0 Å². The summed E-state index contributed by atoms with van der Waals surface area (Å²) in [5, 5.41) is 16.8. The van der Waals surface area contributed by atoms with E-state index in [2.05, 4.69) is 25.5 Å². The lowest BCUT2D eigenvalue weighted by Gasteiger charge is -2.13. The van der Waals surface area contributed by atoms with Gasteiger partial charge < -0.3 is 9.94 Å². The van der Waals surface area contributed by atoms with Crippen LogP contribution in [0.1, 0.15) is 6.92 Å². The van der Waals surface area contributed by atoms with E-state index < -0.39 is 5.97 Å². The number of nitrogens with one attached hydrogen (secondary N) is 1. The molecule has 0 fully saturated rings. The lowest BCUT2D eigenvalue weighted by Crippen LogP contribution is -2.33. The molecule has 0 aliphatic carbocycles. The number of oxime groups is 1. The Balaban J connectivity index is 2.80. The molecule has 0 amide bonds. The van der Waals surface area contributed by atoms with E-state index in [1.165, 1.54) is 18.9 Å². The number of thioether (sulfide) groups is 1. The van der Waals surface area contributed by atoms with Crippen LogP contribution < -0.4 is 5.43 Å². The Kier molecular flexibility index (Phi) is 4.77. The fourth-order valence-electron chi connectivity index (χ4n) is 0.969. The topological polar surface area (TPSA) is 95.6 Å². The van der Waals surface area contributed by atoms with Crippen LogP contribution in [0.2, 0.25) is 0 Å². The molecule has 0 aromatic heterocycles. The summed E-state index contributed by atoms with van der Waals surface area (Å²) < 4.78 is 0. The first-order chi connectivity index (χ1) is 7.69. The second kappa shape index (κ2) is 6.11. The molecular weight excluding hydrogens is 232 g/mol. The number of aliphatic imine (C=N–C) groups is 1. The number of nitrogens with zero attached hydrogens (tertiary/aromatic N) is 3. The highest BCUT2D eigenvalue weighted by atomic mass is 32.2. The van der Waals surface area contributed by atoms with Crippen molar-refractivity contribution in [3.8, 4) is 0 Å². The van der Waals surface area contributed by atoms with Crippen molar-refractivity contribution >= 4 is 34.3 Å². The Hall–Kier alpha value is -1.57. The van der Waals surface area contributed by atoms with Gasteiger partial charge in [0.05, 0.1) is 0 Å². The zero-order valence-corrected chi connectivity index (χ0v) is 9.74. The third kappa shape index (κ3) is 3.23. The first-order valence-corrected chi connectivity index (χ1v) is 5.52. The quantitative estimate of drug-likeness (QED) is 0.542. The third-order valence-corrected chi connectivity index (χ3v) is 2.50. The van der Waals surface area contributed by atoms with Crippen molar-refractivity contribution in [2.24, 2.45) is 15.2 Å². The lowest BCUT2D eigenvalue weighted by atomic mass is 10.2. The Morgan fingerprint density at radius 2 is 2.50 bits per heavy atom. The van der Waals surface area contributed by atoms with E-state index in [0.717, 1.165) is 0 Å². The molecule has 8 heteroatoms. The van der Waals surface area contributed by atoms with E-state index in [0.29, 0.717) is 23.2 Å². The van der Waals surface area contributed by atoms with Crippen molar-refractivity contribution in [1.82, 2.24) is 5.43 Å². The number of amidine groups is 1. The first kappa shape index (κ1) is 12.5. The average molecular weight is 244 g/mol. The number of carboxylic acids is 1. The number of carboxylic acid groups (broad SMARTS) is 1. The molecule has 0 bridgehead atoms. The molecule has 0 spiro atoms. The van der Waals surface area contributed by atoms with Crippen LogP contribution in [0.15, 0.2) is 15.2 Å². The minimum Gasteiger partial charge on any atom is -0.476 e. The van der Waals surface area contributed by atoms with E-state index in [4.69, 9.17) is 5.11 Å². The number of aliphatic carboxylic acids is 1. The molecule has 0 aromatic rings. The van der Waals surface area contributed by atoms with Gasteiger partial charge in [0.15, 0.2) is 5.17 Å². The van der Waals surface area contributed by atoms with Gasteiger partial charge in [-0.25, -0.2) is 4.79 Å². The van der Waals surface area contributed by atoms with Gasteiger partial charge in [-0.05, 0) is 6.92 Å². The number of hydrogen-bond acceptors (Lipinski definition) is 6. The van der Waals surface area contributed by atoms with Crippen molar-refractivity contribution in [2.75, 3.05) is 19.4 Å². The fraction of sp³-hybridized carbons (Fsp3) is 0.500. The fourth-order valence-corrected chi connectivity index (χ4v) is 1.77. The highest BCUT2D eigenvalue weighted by Crippen LogP contribution is 2.09. The smallest absolute Gasteiger partial charge is 0.359 e. The van der Waals surface area contributed by atoms with Crippen LogP contribution in [-0.2, 0) is 9.63 Å². The second-order valence-corrected chi connectivity index (χ2v) is 3.63. The number of hydrogen-bond donors (Lipinski definition) is 2. The highest BCUT2D eigenvalue weighted by Gasteiger charge is 2.22. The summed E-state index contributed by atoms with van der Waals surface area (Å²) in [6.45, 7) is 2.56. The number of carbonyl (C=O) groups is 1. The number of rotatable bonds is 4. The Morgan fingerprint density at radius 1 is 1.75 bits per heavy atom. The molecule has 16 heavy (non-hydrogen) atoms. The molecule has 0 saturated heterocycles. The zero-order chi connectivity index (χ0) is 12.0. The summed E-state index contributed by atoms with van der Waals surface area (Å²) >= 11 is 1.38. The Morgan fingerprint density at radius 3 is 2.94 bits per heavy atom. The van der Waals surface area contributed by atoms with Crippen LogP contribution >= 0.6 is 11.8 Å². The van der Waals surface area contributed by atoms with E-state index in [1.807, 2.05) is 6.92 Å². The Labute approximate surface area is 96.6 Å². The summed E-state index contributed by atoms with van der Waals surface area (Å²) in [5.41, 5.74) is 2.80. The van der Waals surface area contributed by atoms with Crippen LogP contribution in [0.3, 0.4) is 0 Å². The summed E-state index contributed by atoms with van der Waals surface area (Å²) in [4.78, 5) is 19.4. The largest absolute Gasteiger partial charge is 0.476 e. The molecule has 0 saturated carbocycles. The van der Waals surface area contributed by atoms with Crippen LogP contribution in [0.4, 0.5) is 0 Å². The molecule has 1 rings (SSSR count). The molecule has 0 radical (unpaired) electrons. The van der Waals surface area contributed by atoms with E-state index in [-0.39, 0.29) is 5.71 Å². The minimum absolute atomic E-state index is 0.196. The normalized spacial score (nSPS) is 19.0. The molecule has 2 N–H and O–H groups in total.